The van der Waals surface area contributed by atoms with Crippen LogP contribution in [0.5, 0.6) is 17.2 Å². The minimum absolute atomic E-state index is 0.249. The van der Waals surface area contributed by atoms with Crippen LogP contribution >= 0.6 is 0 Å². The Balaban J connectivity index is 0.000000250. The fraction of sp³-hybridized carbons (Fsp3) is 0.357. The van der Waals surface area contributed by atoms with E-state index in [4.69, 9.17) is 9.47 Å². The van der Waals surface area contributed by atoms with E-state index in [1.165, 1.54) is 42.5 Å². The maximum Gasteiger partial charge on any atom is 0.573 e. The van der Waals surface area contributed by atoms with Gasteiger partial charge in [0.05, 0.1) is 18.4 Å². The highest BCUT2D eigenvalue weighted by Crippen LogP contribution is 2.39. The fourth-order valence-corrected chi connectivity index (χ4v) is 3.05. The molecule has 0 amide bonds. The van der Waals surface area contributed by atoms with Gasteiger partial charge >= 0.3 is 18.9 Å². The summed E-state index contributed by atoms with van der Waals surface area (Å²) in [5.41, 5.74) is 2.17. The SMILES string of the molecule is CC.CC1CO1.FC(F)(F)Oc1cccc(-c2cccc3c2OCCN3)c1.FC(F)C(F)(F)Oc1ccccc1. The largest absolute Gasteiger partial charge is 0.573 e. The lowest BCUT2D eigenvalue weighted by atomic mass is 10.0. The Kier molecular flexibility index (Phi) is 12.4. The van der Waals surface area contributed by atoms with Crippen LogP contribution in [-0.2, 0) is 4.74 Å². The summed E-state index contributed by atoms with van der Waals surface area (Å²) in [5, 5.41) is 3.19. The van der Waals surface area contributed by atoms with Gasteiger partial charge in [-0.15, -0.1) is 13.2 Å². The van der Waals surface area contributed by atoms with Gasteiger partial charge < -0.3 is 24.3 Å². The molecule has 12 heteroatoms. The van der Waals surface area contributed by atoms with E-state index >= 15 is 0 Å². The molecule has 0 spiro atoms. The van der Waals surface area contributed by atoms with Crippen LogP contribution in [0.2, 0.25) is 0 Å². The molecule has 2 heterocycles. The number of nitrogens with one attached hydrogen (secondary N) is 1. The number of halogens is 7. The van der Waals surface area contributed by atoms with Crippen LogP contribution in [0, 0.1) is 0 Å². The first-order chi connectivity index (χ1) is 18.9. The third kappa shape index (κ3) is 11.2. The van der Waals surface area contributed by atoms with E-state index in [9.17, 15) is 30.7 Å². The van der Waals surface area contributed by atoms with Gasteiger partial charge in [0.1, 0.15) is 23.9 Å². The summed E-state index contributed by atoms with van der Waals surface area (Å²) in [5.74, 6) is 0.113. The molecule has 3 aromatic carbocycles. The topological polar surface area (TPSA) is 52.2 Å². The van der Waals surface area contributed by atoms with Gasteiger partial charge in [0.25, 0.3) is 0 Å². The summed E-state index contributed by atoms with van der Waals surface area (Å²) in [4.78, 5) is 0. The molecule has 0 aromatic heterocycles. The highest BCUT2D eigenvalue weighted by Gasteiger charge is 2.43. The second-order valence-electron chi connectivity index (χ2n) is 7.95. The number of hydrogen-bond donors (Lipinski definition) is 1. The molecule has 0 aliphatic carbocycles. The molecule has 0 saturated carbocycles. The minimum Gasteiger partial charge on any atom is -0.489 e. The molecular weight excluding hydrogens is 547 g/mol. The molecule has 220 valence electrons. The summed E-state index contributed by atoms with van der Waals surface area (Å²) in [6, 6.07) is 18.1. The lowest BCUT2D eigenvalue weighted by Gasteiger charge is -2.22. The van der Waals surface area contributed by atoms with E-state index in [0.29, 0.717) is 30.6 Å². The van der Waals surface area contributed by atoms with Crippen LogP contribution in [0.15, 0.2) is 72.8 Å². The molecule has 1 N–H and O–H groups in total. The summed E-state index contributed by atoms with van der Waals surface area (Å²) >= 11 is 0. The molecule has 0 bridgehead atoms. The number of alkyl halides is 7. The van der Waals surface area contributed by atoms with Gasteiger partial charge in [-0.25, -0.2) is 0 Å². The number of benzene rings is 3. The molecule has 1 saturated heterocycles. The van der Waals surface area contributed by atoms with Crippen molar-refractivity contribution < 1.29 is 49.7 Å². The number of rotatable bonds is 5. The van der Waals surface area contributed by atoms with Gasteiger partial charge in [-0.3, -0.25) is 0 Å². The van der Waals surface area contributed by atoms with Crippen molar-refractivity contribution in [3.05, 3.63) is 72.8 Å². The average molecular weight is 578 g/mol. The molecule has 40 heavy (non-hydrogen) atoms. The summed E-state index contributed by atoms with van der Waals surface area (Å²) in [6.07, 6.45) is -12.4. The number of epoxide rings is 1. The zero-order chi connectivity index (χ0) is 29.8. The highest BCUT2D eigenvalue weighted by atomic mass is 19.4. The average Bonchev–Trinajstić information content (AvgIpc) is 3.71. The first-order valence-corrected chi connectivity index (χ1v) is 12.3. The Bertz CT molecular complexity index is 1160. The van der Waals surface area contributed by atoms with Gasteiger partial charge in [0, 0.05) is 12.1 Å². The first-order valence-electron chi connectivity index (χ1n) is 12.3. The van der Waals surface area contributed by atoms with Gasteiger partial charge in [-0.1, -0.05) is 56.3 Å². The molecule has 5 rings (SSSR count). The van der Waals surface area contributed by atoms with E-state index in [1.54, 1.807) is 18.2 Å². The predicted molar refractivity (Wildman–Crippen MR) is 137 cm³/mol. The van der Waals surface area contributed by atoms with Crippen molar-refractivity contribution in [3.8, 4) is 28.4 Å². The summed E-state index contributed by atoms with van der Waals surface area (Å²) < 4.78 is 103. The van der Waals surface area contributed by atoms with E-state index in [2.05, 4.69) is 21.7 Å². The molecule has 1 unspecified atom stereocenters. The Morgan fingerprint density at radius 3 is 2.02 bits per heavy atom. The number of para-hydroxylation sites is 2. The number of anilines is 1. The van der Waals surface area contributed by atoms with E-state index in [-0.39, 0.29) is 11.5 Å². The van der Waals surface area contributed by atoms with Crippen LogP contribution in [0.25, 0.3) is 11.1 Å². The van der Waals surface area contributed by atoms with Crippen LogP contribution in [-0.4, -0.2) is 44.8 Å². The molecule has 0 radical (unpaired) electrons. The molecule has 1 atom stereocenters. The van der Waals surface area contributed by atoms with Gasteiger partial charge in [-0.05, 0) is 42.8 Å². The van der Waals surface area contributed by atoms with Gasteiger partial charge in [-0.2, -0.15) is 17.6 Å². The Labute approximate surface area is 227 Å². The predicted octanol–water partition coefficient (Wildman–Crippen LogP) is 8.41. The quantitative estimate of drug-likeness (QED) is 0.244. The van der Waals surface area contributed by atoms with Gasteiger partial charge in [0.15, 0.2) is 0 Å². The summed E-state index contributed by atoms with van der Waals surface area (Å²) in [7, 11) is 0. The molecule has 3 aromatic rings. The lowest BCUT2D eigenvalue weighted by molar-refractivity contribution is -0.274. The Morgan fingerprint density at radius 2 is 1.45 bits per heavy atom. The molecular formula is C28H30F7NO4. The van der Waals surface area contributed by atoms with Gasteiger partial charge in [0.2, 0.25) is 0 Å². The molecule has 2 aliphatic heterocycles. The number of fused-ring (bicyclic) bond motifs is 1. The first kappa shape index (κ1) is 32.5. The van der Waals surface area contributed by atoms with Crippen LogP contribution in [0.1, 0.15) is 20.8 Å². The van der Waals surface area contributed by atoms with Crippen molar-refractivity contribution in [1.82, 2.24) is 0 Å². The normalized spacial score (nSPS) is 15.2. The monoisotopic (exact) mass is 577 g/mol. The number of hydrogen-bond acceptors (Lipinski definition) is 5. The minimum atomic E-state index is -4.70. The summed E-state index contributed by atoms with van der Waals surface area (Å²) in [6.45, 7) is 8.26. The van der Waals surface area contributed by atoms with Crippen molar-refractivity contribution in [2.75, 3.05) is 25.1 Å². The fourth-order valence-electron chi connectivity index (χ4n) is 3.05. The van der Waals surface area contributed by atoms with Crippen LogP contribution < -0.4 is 19.5 Å². The maximum atomic E-state index is 12.3. The highest BCUT2D eigenvalue weighted by molar-refractivity contribution is 5.79. The zero-order valence-corrected chi connectivity index (χ0v) is 22.0. The van der Waals surface area contributed by atoms with Crippen LogP contribution in [0.3, 0.4) is 0 Å². The third-order valence-corrected chi connectivity index (χ3v) is 4.81. The van der Waals surface area contributed by atoms with Crippen LogP contribution in [0.4, 0.5) is 36.4 Å². The van der Waals surface area contributed by atoms with E-state index in [1.807, 2.05) is 26.0 Å². The maximum absolute atomic E-state index is 12.3. The zero-order valence-electron chi connectivity index (χ0n) is 22.0. The second kappa shape index (κ2) is 15.2. The van der Waals surface area contributed by atoms with Crippen molar-refractivity contribution in [1.29, 1.82) is 0 Å². The number of ether oxygens (including phenoxy) is 4. The second-order valence-corrected chi connectivity index (χ2v) is 7.95. The third-order valence-electron chi connectivity index (χ3n) is 4.81. The Hall–Kier alpha value is -3.67. The Morgan fingerprint density at radius 1 is 0.850 bits per heavy atom. The van der Waals surface area contributed by atoms with Crippen molar-refractivity contribution >= 4 is 5.69 Å². The lowest BCUT2D eigenvalue weighted by Crippen LogP contribution is -2.33. The standard InChI is InChI=1S/C15H12F3NO2.C8H6F4O.C3H6O.C2H6/c16-15(17,18)21-11-4-1-3-10(9-11)12-5-2-6-13-14(12)20-8-7-19-13;9-7(10)8(11,12)13-6-4-2-1-3-5-6;1-3-2-4-3;1-2/h1-6,9,19H,7-8H2;1-5,7H;3H,2H2,1H3;1-2H3. The van der Waals surface area contributed by atoms with Crippen molar-refractivity contribution in [2.24, 2.45) is 0 Å². The molecule has 5 nitrogen and oxygen atoms in total. The van der Waals surface area contributed by atoms with Crippen molar-refractivity contribution in [2.45, 2.75) is 45.8 Å². The molecule has 1 fully saturated rings. The van der Waals surface area contributed by atoms with Crippen molar-refractivity contribution in [3.63, 3.8) is 0 Å². The smallest absolute Gasteiger partial charge is 0.489 e. The van der Waals surface area contributed by atoms with E-state index in [0.717, 1.165) is 17.9 Å². The molecule has 2 aliphatic rings. The van der Waals surface area contributed by atoms with E-state index < -0.39 is 18.9 Å².